The molecule has 1 heterocycles. The summed E-state index contributed by atoms with van der Waals surface area (Å²) in [6, 6.07) is 7.16. The van der Waals surface area contributed by atoms with Crippen molar-refractivity contribution in [2.45, 2.75) is 24.8 Å². The lowest BCUT2D eigenvalue weighted by Gasteiger charge is -2.10. The molecule has 0 saturated carbocycles. The topological polar surface area (TPSA) is 46.2 Å². The lowest BCUT2D eigenvalue weighted by molar-refractivity contribution is 0.585. The standard InChI is InChI=1S/C13H17NO2S/c1-10(2)7-8-14-12-9-17(15,16)13-6-4-3-5-11(12)13/h3-7,12,14H,8-9H2,1-2H3. The van der Waals surface area contributed by atoms with E-state index in [-0.39, 0.29) is 11.8 Å². The van der Waals surface area contributed by atoms with Gasteiger partial charge in [-0.05, 0) is 25.5 Å². The largest absolute Gasteiger partial charge is 0.306 e. The molecule has 0 spiro atoms. The van der Waals surface area contributed by atoms with Crippen LogP contribution in [0.2, 0.25) is 0 Å². The molecule has 0 fully saturated rings. The second-order valence-electron chi connectivity index (χ2n) is 4.56. The van der Waals surface area contributed by atoms with Gasteiger partial charge in [-0.3, -0.25) is 0 Å². The van der Waals surface area contributed by atoms with Gasteiger partial charge < -0.3 is 5.32 Å². The van der Waals surface area contributed by atoms with Crippen LogP contribution in [0.3, 0.4) is 0 Å². The third-order valence-corrected chi connectivity index (χ3v) is 4.70. The molecule has 1 aliphatic rings. The highest BCUT2D eigenvalue weighted by molar-refractivity contribution is 7.91. The molecule has 3 nitrogen and oxygen atoms in total. The Labute approximate surface area is 102 Å². The Bertz CT molecular complexity index is 542. The molecular weight excluding hydrogens is 234 g/mol. The lowest BCUT2D eigenvalue weighted by atomic mass is 10.1. The van der Waals surface area contributed by atoms with Gasteiger partial charge in [0, 0.05) is 12.6 Å². The molecule has 0 amide bonds. The molecule has 4 heteroatoms. The smallest absolute Gasteiger partial charge is 0.180 e. The van der Waals surface area contributed by atoms with Crippen LogP contribution in [-0.4, -0.2) is 20.7 Å². The van der Waals surface area contributed by atoms with Crippen LogP contribution in [0.15, 0.2) is 40.8 Å². The third-order valence-electron chi connectivity index (χ3n) is 2.89. The quantitative estimate of drug-likeness (QED) is 0.837. The van der Waals surface area contributed by atoms with Gasteiger partial charge in [0.1, 0.15) is 0 Å². The number of sulfone groups is 1. The van der Waals surface area contributed by atoms with Crippen molar-refractivity contribution in [2.24, 2.45) is 0 Å². The Morgan fingerprint density at radius 3 is 2.82 bits per heavy atom. The second-order valence-corrected chi connectivity index (χ2v) is 6.56. The highest BCUT2D eigenvalue weighted by atomic mass is 32.2. The molecule has 0 aliphatic carbocycles. The Kier molecular flexibility index (Phi) is 3.35. The summed E-state index contributed by atoms with van der Waals surface area (Å²) in [7, 11) is -3.09. The van der Waals surface area contributed by atoms with Crippen LogP contribution in [-0.2, 0) is 9.84 Å². The molecule has 2 rings (SSSR count). The third kappa shape index (κ3) is 2.58. The zero-order valence-corrected chi connectivity index (χ0v) is 10.9. The Hall–Kier alpha value is -1.13. The number of hydrogen-bond donors (Lipinski definition) is 1. The van der Waals surface area contributed by atoms with E-state index in [1.807, 2.05) is 26.0 Å². The van der Waals surface area contributed by atoms with Crippen molar-refractivity contribution in [3.05, 3.63) is 41.5 Å². The summed E-state index contributed by atoms with van der Waals surface area (Å²) in [6.07, 6.45) is 2.06. The normalized spacial score (nSPS) is 20.9. The maximum atomic E-state index is 11.9. The number of nitrogens with one attached hydrogen (secondary N) is 1. The molecule has 1 aliphatic heterocycles. The van der Waals surface area contributed by atoms with Crippen LogP contribution in [0.1, 0.15) is 25.5 Å². The molecular formula is C13H17NO2S. The number of hydrogen-bond acceptors (Lipinski definition) is 3. The molecule has 1 aromatic rings. The van der Waals surface area contributed by atoms with Crippen molar-refractivity contribution in [1.82, 2.24) is 5.32 Å². The number of allylic oxidation sites excluding steroid dienone is 1. The van der Waals surface area contributed by atoms with E-state index in [0.717, 1.165) is 5.56 Å². The van der Waals surface area contributed by atoms with Gasteiger partial charge in [-0.1, -0.05) is 29.8 Å². The van der Waals surface area contributed by atoms with E-state index in [4.69, 9.17) is 0 Å². The van der Waals surface area contributed by atoms with Crippen LogP contribution < -0.4 is 5.32 Å². The highest BCUT2D eigenvalue weighted by Gasteiger charge is 2.33. The molecule has 0 radical (unpaired) electrons. The Morgan fingerprint density at radius 1 is 1.41 bits per heavy atom. The summed E-state index contributed by atoms with van der Waals surface area (Å²) >= 11 is 0. The summed E-state index contributed by atoms with van der Waals surface area (Å²) < 4.78 is 23.8. The molecule has 1 N–H and O–H groups in total. The minimum atomic E-state index is -3.09. The first kappa shape index (κ1) is 12.3. The molecule has 0 saturated heterocycles. The SMILES string of the molecule is CC(C)=CCNC1CS(=O)(=O)c2ccccc21. The number of fused-ring (bicyclic) bond motifs is 1. The van der Waals surface area contributed by atoms with E-state index >= 15 is 0 Å². The monoisotopic (exact) mass is 251 g/mol. The number of rotatable bonds is 3. The molecule has 0 aromatic heterocycles. The first-order chi connectivity index (χ1) is 8.00. The van der Waals surface area contributed by atoms with E-state index in [0.29, 0.717) is 11.4 Å². The minimum absolute atomic E-state index is 0.0770. The fraction of sp³-hybridized carbons (Fsp3) is 0.385. The molecule has 0 bridgehead atoms. The molecule has 1 unspecified atom stereocenters. The predicted octanol–water partition coefficient (Wildman–Crippen LogP) is 2.07. The van der Waals surface area contributed by atoms with Gasteiger partial charge in [0.15, 0.2) is 9.84 Å². The van der Waals surface area contributed by atoms with Crippen molar-refractivity contribution in [3.63, 3.8) is 0 Å². The Morgan fingerprint density at radius 2 is 2.12 bits per heavy atom. The average Bonchev–Trinajstić information content (AvgIpc) is 2.51. The summed E-state index contributed by atoms with van der Waals surface area (Å²) in [6.45, 7) is 4.76. The van der Waals surface area contributed by atoms with Gasteiger partial charge in [0.05, 0.1) is 10.6 Å². The van der Waals surface area contributed by atoms with E-state index < -0.39 is 9.84 Å². The Balaban J connectivity index is 2.21. The van der Waals surface area contributed by atoms with E-state index in [1.54, 1.807) is 12.1 Å². The van der Waals surface area contributed by atoms with Crippen LogP contribution in [0.25, 0.3) is 0 Å². The zero-order valence-electron chi connectivity index (χ0n) is 10.1. The van der Waals surface area contributed by atoms with E-state index in [2.05, 4.69) is 11.4 Å². The van der Waals surface area contributed by atoms with E-state index in [1.165, 1.54) is 5.57 Å². The first-order valence-electron chi connectivity index (χ1n) is 5.69. The van der Waals surface area contributed by atoms with Gasteiger partial charge in [0.25, 0.3) is 0 Å². The van der Waals surface area contributed by atoms with Crippen LogP contribution in [0, 0.1) is 0 Å². The zero-order chi connectivity index (χ0) is 12.5. The fourth-order valence-corrected chi connectivity index (χ4v) is 3.80. The van der Waals surface area contributed by atoms with E-state index in [9.17, 15) is 8.42 Å². The summed E-state index contributed by atoms with van der Waals surface area (Å²) in [5, 5.41) is 3.27. The maximum absolute atomic E-state index is 11.9. The molecule has 17 heavy (non-hydrogen) atoms. The van der Waals surface area contributed by atoms with Crippen molar-refractivity contribution in [1.29, 1.82) is 0 Å². The van der Waals surface area contributed by atoms with Crippen LogP contribution >= 0.6 is 0 Å². The fourth-order valence-electron chi connectivity index (χ4n) is 2.02. The van der Waals surface area contributed by atoms with Crippen LogP contribution in [0.5, 0.6) is 0 Å². The van der Waals surface area contributed by atoms with Crippen molar-refractivity contribution in [2.75, 3.05) is 12.3 Å². The number of benzene rings is 1. The van der Waals surface area contributed by atoms with Gasteiger partial charge in [-0.25, -0.2) is 8.42 Å². The van der Waals surface area contributed by atoms with Gasteiger partial charge in [0.2, 0.25) is 0 Å². The predicted molar refractivity (Wildman–Crippen MR) is 68.7 cm³/mol. The molecule has 1 aromatic carbocycles. The lowest BCUT2D eigenvalue weighted by Crippen LogP contribution is -2.22. The van der Waals surface area contributed by atoms with Gasteiger partial charge >= 0.3 is 0 Å². The van der Waals surface area contributed by atoms with Crippen LogP contribution in [0.4, 0.5) is 0 Å². The summed E-state index contributed by atoms with van der Waals surface area (Å²) in [5.41, 5.74) is 2.13. The summed E-state index contributed by atoms with van der Waals surface area (Å²) in [4.78, 5) is 0.481. The first-order valence-corrected chi connectivity index (χ1v) is 7.34. The average molecular weight is 251 g/mol. The molecule has 1 atom stereocenters. The van der Waals surface area contributed by atoms with Gasteiger partial charge in [-0.15, -0.1) is 0 Å². The van der Waals surface area contributed by atoms with Crippen molar-refractivity contribution >= 4 is 9.84 Å². The highest BCUT2D eigenvalue weighted by Crippen LogP contribution is 2.32. The second kappa shape index (κ2) is 4.63. The van der Waals surface area contributed by atoms with Crippen molar-refractivity contribution in [3.8, 4) is 0 Å². The van der Waals surface area contributed by atoms with Gasteiger partial charge in [-0.2, -0.15) is 0 Å². The molecule has 92 valence electrons. The maximum Gasteiger partial charge on any atom is 0.180 e. The summed E-state index contributed by atoms with van der Waals surface area (Å²) in [5.74, 6) is 0.170. The minimum Gasteiger partial charge on any atom is -0.306 e. The van der Waals surface area contributed by atoms with Crippen molar-refractivity contribution < 1.29 is 8.42 Å².